The molecule has 2 N–H and O–H groups in total. The monoisotopic (exact) mass is 265 g/mol. The Morgan fingerprint density at radius 3 is 2.79 bits per heavy atom. The Balaban J connectivity index is 2.49. The number of aliphatic hydroxyl groups is 1. The van der Waals surface area contributed by atoms with Gasteiger partial charge in [0, 0.05) is 19.6 Å². The summed E-state index contributed by atoms with van der Waals surface area (Å²) >= 11 is 0. The van der Waals surface area contributed by atoms with Crippen molar-refractivity contribution in [2.45, 2.75) is 26.2 Å². The smallest absolute Gasteiger partial charge is 0.220 e. The minimum Gasteiger partial charge on any atom is -0.497 e. The molecule has 4 nitrogen and oxygen atoms in total. The number of hydrogen-bond donors (Lipinski definition) is 2. The maximum absolute atomic E-state index is 11.8. The van der Waals surface area contributed by atoms with Crippen molar-refractivity contribution < 1.29 is 14.6 Å². The number of methoxy groups -OCH3 is 1. The van der Waals surface area contributed by atoms with Crippen LogP contribution in [0.3, 0.4) is 0 Å². The molecule has 106 valence electrons. The van der Waals surface area contributed by atoms with Gasteiger partial charge in [-0.1, -0.05) is 26.0 Å². The molecule has 0 aromatic heterocycles. The largest absolute Gasteiger partial charge is 0.497 e. The SMILES string of the molecule is COc1cccc(C(C)CC(=O)NCC(C)CO)c1. The molecule has 19 heavy (non-hydrogen) atoms. The minimum atomic E-state index is 0.00983. The van der Waals surface area contributed by atoms with E-state index in [4.69, 9.17) is 9.84 Å². The maximum Gasteiger partial charge on any atom is 0.220 e. The number of benzene rings is 1. The molecule has 0 fully saturated rings. The number of rotatable bonds is 7. The van der Waals surface area contributed by atoms with Gasteiger partial charge in [-0.15, -0.1) is 0 Å². The number of carbonyl (C=O) groups excluding carboxylic acids is 1. The van der Waals surface area contributed by atoms with Crippen molar-refractivity contribution in [1.29, 1.82) is 0 Å². The zero-order chi connectivity index (χ0) is 14.3. The Bertz CT molecular complexity index is 406. The van der Waals surface area contributed by atoms with Crippen molar-refractivity contribution in [2.24, 2.45) is 5.92 Å². The molecule has 0 saturated heterocycles. The van der Waals surface area contributed by atoms with Crippen molar-refractivity contribution in [3.8, 4) is 5.75 Å². The van der Waals surface area contributed by atoms with E-state index in [1.807, 2.05) is 38.1 Å². The molecular formula is C15H23NO3. The van der Waals surface area contributed by atoms with E-state index in [-0.39, 0.29) is 24.3 Å². The molecule has 1 rings (SSSR count). The first-order chi connectivity index (χ1) is 9.06. The molecular weight excluding hydrogens is 242 g/mol. The number of hydrogen-bond acceptors (Lipinski definition) is 3. The predicted octanol–water partition coefficient (Wildman–Crippen LogP) is 1.93. The van der Waals surface area contributed by atoms with Crippen molar-refractivity contribution >= 4 is 5.91 Å². The number of amides is 1. The molecule has 0 radical (unpaired) electrons. The van der Waals surface area contributed by atoms with Crippen LogP contribution in [0.15, 0.2) is 24.3 Å². The fourth-order valence-electron chi connectivity index (χ4n) is 1.77. The number of carbonyl (C=O) groups is 1. The van der Waals surface area contributed by atoms with E-state index in [0.29, 0.717) is 13.0 Å². The highest BCUT2D eigenvalue weighted by atomic mass is 16.5. The summed E-state index contributed by atoms with van der Waals surface area (Å²) < 4.78 is 5.18. The Morgan fingerprint density at radius 1 is 1.42 bits per heavy atom. The quantitative estimate of drug-likeness (QED) is 0.792. The molecule has 0 aliphatic carbocycles. The summed E-state index contributed by atoms with van der Waals surface area (Å²) in [4.78, 5) is 11.8. The predicted molar refractivity (Wildman–Crippen MR) is 75.3 cm³/mol. The lowest BCUT2D eigenvalue weighted by Crippen LogP contribution is -2.30. The molecule has 0 spiro atoms. The van der Waals surface area contributed by atoms with Crippen LogP contribution in [0, 0.1) is 5.92 Å². The second-order valence-electron chi connectivity index (χ2n) is 4.97. The van der Waals surface area contributed by atoms with Gasteiger partial charge < -0.3 is 15.2 Å². The van der Waals surface area contributed by atoms with Gasteiger partial charge in [-0.2, -0.15) is 0 Å². The normalized spacial score (nSPS) is 13.7. The first kappa shape index (κ1) is 15.5. The fraction of sp³-hybridized carbons (Fsp3) is 0.533. The van der Waals surface area contributed by atoms with Gasteiger partial charge in [0.25, 0.3) is 0 Å². The average molecular weight is 265 g/mol. The first-order valence-electron chi connectivity index (χ1n) is 6.58. The Kier molecular flexibility index (Phi) is 6.36. The van der Waals surface area contributed by atoms with Crippen LogP contribution in [0.1, 0.15) is 31.7 Å². The Morgan fingerprint density at radius 2 is 2.16 bits per heavy atom. The van der Waals surface area contributed by atoms with E-state index >= 15 is 0 Å². The minimum absolute atomic E-state index is 0.00983. The zero-order valence-corrected chi connectivity index (χ0v) is 11.8. The molecule has 1 aromatic carbocycles. The van der Waals surface area contributed by atoms with Gasteiger partial charge in [-0.05, 0) is 29.5 Å². The van der Waals surface area contributed by atoms with Gasteiger partial charge in [-0.25, -0.2) is 0 Å². The summed E-state index contributed by atoms with van der Waals surface area (Å²) in [5, 5.41) is 11.7. The van der Waals surface area contributed by atoms with Crippen molar-refractivity contribution in [3.05, 3.63) is 29.8 Å². The second kappa shape index (κ2) is 7.79. The standard InChI is InChI=1S/C15H23NO3/c1-11(10-17)9-16-15(18)7-12(2)13-5-4-6-14(8-13)19-3/h4-6,8,11-12,17H,7,9-10H2,1-3H3,(H,16,18). The number of ether oxygens (including phenoxy) is 1. The van der Waals surface area contributed by atoms with E-state index in [0.717, 1.165) is 11.3 Å². The molecule has 0 saturated carbocycles. The van der Waals surface area contributed by atoms with Gasteiger partial charge in [0.2, 0.25) is 5.91 Å². The topological polar surface area (TPSA) is 58.6 Å². The molecule has 0 aliphatic heterocycles. The van der Waals surface area contributed by atoms with Crippen LogP contribution in [-0.2, 0) is 4.79 Å². The lowest BCUT2D eigenvalue weighted by molar-refractivity contribution is -0.121. The van der Waals surface area contributed by atoms with Crippen LogP contribution in [-0.4, -0.2) is 31.3 Å². The molecule has 4 heteroatoms. The third-order valence-corrected chi connectivity index (χ3v) is 3.11. The van der Waals surface area contributed by atoms with E-state index in [1.54, 1.807) is 7.11 Å². The van der Waals surface area contributed by atoms with Crippen LogP contribution >= 0.6 is 0 Å². The van der Waals surface area contributed by atoms with Crippen LogP contribution in [0.2, 0.25) is 0 Å². The lowest BCUT2D eigenvalue weighted by atomic mass is 9.97. The van der Waals surface area contributed by atoms with Crippen molar-refractivity contribution in [3.63, 3.8) is 0 Å². The van der Waals surface area contributed by atoms with Gasteiger partial charge in [0.15, 0.2) is 0 Å². The van der Waals surface area contributed by atoms with Gasteiger partial charge in [0.05, 0.1) is 7.11 Å². The highest BCUT2D eigenvalue weighted by Crippen LogP contribution is 2.22. The first-order valence-corrected chi connectivity index (χ1v) is 6.58. The van der Waals surface area contributed by atoms with Crippen LogP contribution < -0.4 is 10.1 Å². The Labute approximate surface area is 114 Å². The third-order valence-electron chi connectivity index (χ3n) is 3.11. The molecule has 2 unspecified atom stereocenters. The second-order valence-corrected chi connectivity index (χ2v) is 4.97. The molecule has 0 aliphatic rings. The third kappa shape index (κ3) is 5.30. The van der Waals surface area contributed by atoms with E-state index in [2.05, 4.69) is 5.32 Å². The summed E-state index contributed by atoms with van der Waals surface area (Å²) in [6, 6.07) is 7.76. The van der Waals surface area contributed by atoms with Crippen molar-refractivity contribution in [2.75, 3.05) is 20.3 Å². The van der Waals surface area contributed by atoms with E-state index in [1.165, 1.54) is 0 Å². The maximum atomic E-state index is 11.8. The van der Waals surface area contributed by atoms with E-state index < -0.39 is 0 Å². The summed E-state index contributed by atoms with van der Waals surface area (Å²) in [6.07, 6.45) is 0.436. The van der Waals surface area contributed by atoms with Crippen LogP contribution in [0.5, 0.6) is 5.75 Å². The molecule has 0 heterocycles. The molecule has 1 amide bonds. The molecule has 1 aromatic rings. The van der Waals surface area contributed by atoms with Crippen LogP contribution in [0.25, 0.3) is 0 Å². The van der Waals surface area contributed by atoms with Gasteiger partial charge in [-0.3, -0.25) is 4.79 Å². The average Bonchev–Trinajstić information content (AvgIpc) is 2.44. The summed E-state index contributed by atoms with van der Waals surface area (Å²) in [5.74, 6) is 1.05. The number of nitrogens with one attached hydrogen (secondary N) is 1. The van der Waals surface area contributed by atoms with Gasteiger partial charge >= 0.3 is 0 Å². The Hall–Kier alpha value is -1.55. The summed E-state index contributed by atoms with van der Waals surface area (Å²) in [7, 11) is 1.63. The van der Waals surface area contributed by atoms with Crippen molar-refractivity contribution in [1.82, 2.24) is 5.32 Å². The molecule has 0 bridgehead atoms. The van der Waals surface area contributed by atoms with E-state index in [9.17, 15) is 4.79 Å². The fourth-order valence-corrected chi connectivity index (χ4v) is 1.77. The zero-order valence-electron chi connectivity index (χ0n) is 11.8. The highest BCUT2D eigenvalue weighted by molar-refractivity contribution is 5.76. The van der Waals surface area contributed by atoms with Gasteiger partial charge in [0.1, 0.15) is 5.75 Å². The highest BCUT2D eigenvalue weighted by Gasteiger charge is 2.12. The number of aliphatic hydroxyl groups excluding tert-OH is 1. The summed E-state index contributed by atoms with van der Waals surface area (Å²) in [5.41, 5.74) is 1.09. The summed E-state index contributed by atoms with van der Waals surface area (Å²) in [6.45, 7) is 4.52. The lowest BCUT2D eigenvalue weighted by Gasteiger charge is -2.14. The molecule has 2 atom stereocenters. The van der Waals surface area contributed by atoms with Crippen LogP contribution in [0.4, 0.5) is 0 Å².